The lowest BCUT2D eigenvalue weighted by Crippen LogP contribution is -2.14. The molecule has 1 N–H and O–H groups in total. The molecular weight excluding hydrogens is 407 g/mol. The SMILES string of the molecule is Cc1cc(OCn2ccc(C(=O)Nc3cc([N+](=O)[O-])ccc3Cl)n2)ccc1Cl. The Hall–Kier alpha value is -3.10. The molecule has 0 saturated carbocycles. The number of benzene rings is 2. The lowest BCUT2D eigenvalue weighted by molar-refractivity contribution is -0.384. The second kappa shape index (κ2) is 8.28. The Bertz CT molecular complexity index is 1050. The first-order valence-electron chi connectivity index (χ1n) is 8.01. The molecule has 3 rings (SSSR count). The highest BCUT2D eigenvalue weighted by molar-refractivity contribution is 6.34. The van der Waals surface area contributed by atoms with Crippen molar-refractivity contribution in [1.29, 1.82) is 0 Å². The Morgan fingerprint density at radius 1 is 1.21 bits per heavy atom. The molecule has 10 heteroatoms. The Morgan fingerprint density at radius 3 is 2.68 bits per heavy atom. The van der Waals surface area contributed by atoms with Gasteiger partial charge in [-0.1, -0.05) is 23.2 Å². The Labute approximate surface area is 169 Å². The number of aromatic nitrogens is 2. The highest BCUT2D eigenvalue weighted by Gasteiger charge is 2.15. The molecule has 1 aromatic heterocycles. The van der Waals surface area contributed by atoms with Gasteiger partial charge in [-0.05, 0) is 42.8 Å². The monoisotopic (exact) mass is 420 g/mol. The van der Waals surface area contributed by atoms with E-state index in [-0.39, 0.29) is 28.8 Å². The van der Waals surface area contributed by atoms with E-state index in [1.807, 2.05) is 6.92 Å². The van der Waals surface area contributed by atoms with E-state index in [0.717, 1.165) is 5.56 Å². The number of amides is 1. The highest BCUT2D eigenvalue weighted by atomic mass is 35.5. The minimum absolute atomic E-state index is 0.0892. The third-order valence-corrected chi connectivity index (χ3v) is 4.53. The summed E-state index contributed by atoms with van der Waals surface area (Å²) in [6.45, 7) is 1.95. The molecule has 28 heavy (non-hydrogen) atoms. The van der Waals surface area contributed by atoms with Crippen LogP contribution in [0.4, 0.5) is 11.4 Å². The lowest BCUT2D eigenvalue weighted by Gasteiger charge is -2.08. The molecule has 2 aromatic carbocycles. The first-order chi connectivity index (χ1) is 13.3. The lowest BCUT2D eigenvalue weighted by atomic mass is 10.2. The zero-order chi connectivity index (χ0) is 20.3. The number of halogens is 2. The van der Waals surface area contributed by atoms with Gasteiger partial charge in [0.2, 0.25) is 0 Å². The van der Waals surface area contributed by atoms with E-state index in [1.54, 1.807) is 24.4 Å². The van der Waals surface area contributed by atoms with Crippen LogP contribution in [0.3, 0.4) is 0 Å². The van der Waals surface area contributed by atoms with Gasteiger partial charge in [0.25, 0.3) is 11.6 Å². The van der Waals surface area contributed by atoms with Crippen molar-refractivity contribution in [3.8, 4) is 5.75 Å². The van der Waals surface area contributed by atoms with Gasteiger partial charge in [-0.15, -0.1) is 0 Å². The number of nitrogens with zero attached hydrogens (tertiary/aromatic N) is 3. The van der Waals surface area contributed by atoms with E-state index in [2.05, 4.69) is 10.4 Å². The van der Waals surface area contributed by atoms with Gasteiger partial charge in [0.1, 0.15) is 5.75 Å². The summed E-state index contributed by atoms with van der Waals surface area (Å²) in [5.41, 5.74) is 0.937. The van der Waals surface area contributed by atoms with E-state index >= 15 is 0 Å². The fourth-order valence-electron chi connectivity index (χ4n) is 2.31. The van der Waals surface area contributed by atoms with Crippen LogP contribution in [-0.2, 0) is 6.73 Å². The zero-order valence-electron chi connectivity index (χ0n) is 14.6. The largest absolute Gasteiger partial charge is 0.471 e. The third-order valence-electron chi connectivity index (χ3n) is 3.78. The standard InChI is InChI=1S/C18H14Cl2N4O4/c1-11-8-13(3-5-14(11)19)28-10-23-7-6-16(22-23)18(25)21-17-9-12(24(26)27)2-4-15(17)20/h2-9H,10H2,1H3,(H,21,25). The van der Waals surface area contributed by atoms with Crippen molar-refractivity contribution in [3.63, 3.8) is 0 Å². The van der Waals surface area contributed by atoms with Crippen molar-refractivity contribution >= 4 is 40.5 Å². The molecule has 0 spiro atoms. The fraction of sp³-hybridized carbons (Fsp3) is 0.111. The Kier molecular flexibility index (Phi) is 5.81. The second-order valence-corrected chi connectivity index (χ2v) is 6.61. The summed E-state index contributed by atoms with van der Waals surface area (Å²) in [6.07, 6.45) is 1.58. The number of nitrogens with one attached hydrogen (secondary N) is 1. The van der Waals surface area contributed by atoms with Gasteiger partial charge in [0, 0.05) is 23.4 Å². The summed E-state index contributed by atoms with van der Waals surface area (Å²) in [5, 5.41) is 18.3. The molecule has 1 amide bonds. The number of ether oxygens (including phenoxy) is 1. The molecule has 144 valence electrons. The van der Waals surface area contributed by atoms with E-state index in [9.17, 15) is 14.9 Å². The van der Waals surface area contributed by atoms with Crippen LogP contribution in [0.1, 0.15) is 16.1 Å². The number of aryl methyl sites for hydroxylation is 1. The predicted molar refractivity (Wildman–Crippen MR) is 105 cm³/mol. The summed E-state index contributed by atoms with van der Waals surface area (Å²) < 4.78 is 7.05. The number of carbonyl (C=O) groups excluding carboxylic acids is 1. The average molecular weight is 421 g/mol. The number of nitro groups is 1. The zero-order valence-corrected chi connectivity index (χ0v) is 16.1. The van der Waals surface area contributed by atoms with Gasteiger partial charge in [-0.25, -0.2) is 4.68 Å². The molecule has 0 unspecified atom stereocenters. The van der Waals surface area contributed by atoms with Crippen LogP contribution in [-0.4, -0.2) is 20.6 Å². The van der Waals surface area contributed by atoms with Crippen LogP contribution in [0.2, 0.25) is 10.0 Å². The van der Waals surface area contributed by atoms with Crippen molar-refractivity contribution in [1.82, 2.24) is 9.78 Å². The van der Waals surface area contributed by atoms with Gasteiger partial charge in [-0.2, -0.15) is 5.10 Å². The van der Waals surface area contributed by atoms with Crippen LogP contribution in [0, 0.1) is 17.0 Å². The Morgan fingerprint density at radius 2 is 1.96 bits per heavy atom. The molecule has 0 saturated heterocycles. The van der Waals surface area contributed by atoms with E-state index in [4.69, 9.17) is 27.9 Å². The molecule has 0 bridgehead atoms. The maximum absolute atomic E-state index is 12.3. The summed E-state index contributed by atoms with van der Waals surface area (Å²) in [5.74, 6) is 0.0651. The van der Waals surface area contributed by atoms with Crippen LogP contribution in [0.5, 0.6) is 5.75 Å². The number of hydrogen-bond acceptors (Lipinski definition) is 5. The number of anilines is 1. The maximum atomic E-state index is 12.3. The van der Waals surface area contributed by atoms with E-state index < -0.39 is 10.8 Å². The molecule has 0 aliphatic heterocycles. The van der Waals surface area contributed by atoms with E-state index in [1.165, 1.54) is 28.9 Å². The first-order valence-corrected chi connectivity index (χ1v) is 8.77. The minimum Gasteiger partial charge on any atom is -0.471 e. The minimum atomic E-state index is -0.573. The first kappa shape index (κ1) is 19.7. The third kappa shape index (κ3) is 4.59. The van der Waals surface area contributed by atoms with E-state index in [0.29, 0.717) is 10.8 Å². The molecule has 0 atom stereocenters. The maximum Gasteiger partial charge on any atom is 0.276 e. The van der Waals surface area contributed by atoms with Crippen molar-refractivity contribution in [2.45, 2.75) is 13.7 Å². The molecule has 0 fully saturated rings. The fourth-order valence-corrected chi connectivity index (χ4v) is 2.59. The molecule has 1 heterocycles. The molecular formula is C18H14Cl2N4O4. The summed E-state index contributed by atoms with van der Waals surface area (Å²) in [7, 11) is 0. The van der Waals surface area contributed by atoms with Gasteiger partial charge < -0.3 is 10.1 Å². The number of hydrogen-bond donors (Lipinski definition) is 1. The molecule has 0 radical (unpaired) electrons. The van der Waals surface area contributed by atoms with Crippen molar-refractivity contribution in [2.24, 2.45) is 0 Å². The summed E-state index contributed by atoms with van der Waals surface area (Å²) >= 11 is 12.0. The van der Waals surface area contributed by atoms with Crippen molar-refractivity contribution < 1.29 is 14.5 Å². The van der Waals surface area contributed by atoms with Crippen LogP contribution in [0.15, 0.2) is 48.7 Å². The predicted octanol–water partition coefficient (Wildman–Crippen LogP) is 4.70. The molecule has 0 aliphatic carbocycles. The molecule has 8 nitrogen and oxygen atoms in total. The van der Waals surface area contributed by atoms with Gasteiger partial charge in [0.05, 0.1) is 15.6 Å². The van der Waals surface area contributed by atoms with Crippen LogP contribution >= 0.6 is 23.2 Å². The van der Waals surface area contributed by atoms with Crippen LogP contribution < -0.4 is 10.1 Å². The number of nitro benzene ring substituents is 1. The second-order valence-electron chi connectivity index (χ2n) is 5.80. The van der Waals surface area contributed by atoms with Gasteiger partial charge >= 0.3 is 0 Å². The number of carbonyl (C=O) groups is 1. The summed E-state index contributed by atoms with van der Waals surface area (Å²) in [6, 6.07) is 10.5. The normalized spacial score (nSPS) is 10.5. The molecule has 3 aromatic rings. The van der Waals surface area contributed by atoms with Gasteiger partial charge in [0.15, 0.2) is 12.4 Å². The Balaban J connectivity index is 1.66. The topological polar surface area (TPSA) is 99.3 Å². The van der Waals surface area contributed by atoms with Crippen molar-refractivity contribution in [3.05, 3.63) is 80.1 Å². The quantitative estimate of drug-likeness (QED) is 0.460. The average Bonchev–Trinajstić information content (AvgIpc) is 3.13. The van der Waals surface area contributed by atoms with Crippen molar-refractivity contribution in [2.75, 3.05) is 5.32 Å². The van der Waals surface area contributed by atoms with Crippen LogP contribution in [0.25, 0.3) is 0 Å². The number of rotatable bonds is 6. The highest BCUT2D eigenvalue weighted by Crippen LogP contribution is 2.27. The number of non-ortho nitro benzene ring substituents is 1. The van der Waals surface area contributed by atoms with Gasteiger partial charge in [-0.3, -0.25) is 14.9 Å². The molecule has 0 aliphatic rings. The smallest absolute Gasteiger partial charge is 0.276 e. The summed E-state index contributed by atoms with van der Waals surface area (Å²) in [4.78, 5) is 22.6.